The van der Waals surface area contributed by atoms with Gasteiger partial charge in [0, 0.05) is 26.7 Å². The van der Waals surface area contributed by atoms with Crippen LogP contribution in [0.3, 0.4) is 0 Å². The zero-order chi connectivity index (χ0) is 22.2. The molecular formula is C31H23NS. The van der Waals surface area contributed by atoms with Crippen molar-refractivity contribution in [1.29, 1.82) is 0 Å². The minimum atomic E-state index is 1.11. The summed E-state index contributed by atoms with van der Waals surface area (Å²) in [5.41, 5.74) is 8.42. The second kappa shape index (κ2) is 8.23. The first-order chi connectivity index (χ1) is 16.3. The maximum atomic E-state index is 3.79. The second-order valence-corrected chi connectivity index (χ2v) is 9.46. The monoisotopic (exact) mass is 441 g/mol. The maximum Gasteiger partial charge on any atom is 0.0645 e. The summed E-state index contributed by atoms with van der Waals surface area (Å²) in [7, 11) is 0. The van der Waals surface area contributed by atoms with Crippen LogP contribution in [0.2, 0.25) is 0 Å². The minimum Gasteiger partial charge on any atom is -0.354 e. The molecule has 6 aromatic rings. The normalized spacial score (nSPS) is 11.2. The van der Waals surface area contributed by atoms with Crippen molar-refractivity contribution in [2.45, 2.75) is 6.92 Å². The molecule has 0 aliphatic carbocycles. The van der Waals surface area contributed by atoms with Crippen molar-refractivity contribution in [2.24, 2.45) is 0 Å². The van der Waals surface area contributed by atoms with Gasteiger partial charge in [-0.2, -0.15) is 0 Å². The number of hydrogen-bond acceptors (Lipinski definition) is 2. The maximum absolute atomic E-state index is 3.79. The third-order valence-electron chi connectivity index (χ3n) is 6.12. The van der Waals surface area contributed by atoms with Crippen LogP contribution in [0.5, 0.6) is 0 Å². The van der Waals surface area contributed by atoms with E-state index in [1.54, 1.807) is 0 Å². The predicted octanol–water partition coefficient (Wildman–Crippen LogP) is 9.44. The molecule has 158 valence electrons. The molecule has 0 radical (unpaired) electrons. The Morgan fingerprint density at radius 1 is 0.576 bits per heavy atom. The molecule has 1 nitrogen and oxygen atoms in total. The van der Waals surface area contributed by atoms with Gasteiger partial charge in [0.1, 0.15) is 0 Å². The zero-order valence-corrected chi connectivity index (χ0v) is 19.2. The molecule has 1 aromatic heterocycles. The molecule has 1 heterocycles. The number of hydrogen-bond donors (Lipinski definition) is 1. The lowest BCUT2D eigenvalue weighted by Gasteiger charge is -2.15. The summed E-state index contributed by atoms with van der Waals surface area (Å²) in [6, 6.07) is 41.2. The molecule has 0 spiro atoms. The first-order valence-electron chi connectivity index (χ1n) is 11.2. The van der Waals surface area contributed by atoms with Crippen LogP contribution in [0, 0.1) is 6.92 Å². The second-order valence-electron chi connectivity index (χ2n) is 8.40. The van der Waals surface area contributed by atoms with Gasteiger partial charge in [-0.05, 0) is 53.4 Å². The number of thiophene rings is 1. The first kappa shape index (κ1) is 19.8. The Labute approximate surface area is 198 Å². The molecule has 33 heavy (non-hydrogen) atoms. The van der Waals surface area contributed by atoms with Crippen LogP contribution in [-0.2, 0) is 0 Å². The van der Waals surface area contributed by atoms with E-state index < -0.39 is 0 Å². The van der Waals surface area contributed by atoms with Gasteiger partial charge in [0.05, 0.1) is 10.4 Å². The summed E-state index contributed by atoms with van der Waals surface area (Å²) in [6.45, 7) is 2.13. The van der Waals surface area contributed by atoms with Crippen LogP contribution in [0.15, 0.2) is 115 Å². The Bertz CT molecular complexity index is 1590. The molecule has 0 unspecified atom stereocenters. The number of anilines is 2. The van der Waals surface area contributed by atoms with E-state index in [2.05, 4.69) is 128 Å². The molecular weight excluding hydrogens is 418 g/mol. The molecule has 2 heteroatoms. The quantitative estimate of drug-likeness (QED) is 0.287. The SMILES string of the molecule is Cc1cccc(Nc2c(-c3cccc(-c4ccccc4)c3)ccc3c2sc2ccccc23)c1. The lowest BCUT2D eigenvalue weighted by Crippen LogP contribution is -1.94. The van der Waals surface area contributed by atoms with Crippen LogP contribution in [0.4, 0.5) is 11.4 Å². The van der Waals surface area contributed by atoms with Crippen molar-refractivity contribution in [3.63, 3.8) is 0 Å². The summed E-state index contributed by atoms with van der Waals surface area (Å²) < 4.78 is 2.61. The van der Waals surface area contributed by atoms with E-state index in [0.29, 0.717) is 0 Å². The highest BCUT2D eigenvalue weighted by Gasteiger charge is 2.15. The van der Waals surface area contributed by atoms with Crippen LogP contribution in [-0.4, -0.2) is 0 Å². The topological polar surface area (TPSA) is 12.0 Å². The van der Waals surface area contributed by atoms with Gasteiger partial charge in [-0.25, -0.2) is 0 Å². The molecule has 5 aromatic carbocycles. The van der Waals surface area contributed by atoms with Gasteiger partial charge in [-0.3, -0.25) is 0 Å². The van der Waals surface area contributed by atoms with E-state index in [1.165, 1.54) is 53.7 Å². The summed E-state index contributed by atoms with van der Waals surface area (Å²) in [6.07, 6.45) is 0. The fourth-order valence-electron chi connectivity index (χ4n) is 4.52. The molecule has 0 atom stereocenters. The lowest BCUT2D eigenvalue weighted by molar-refractivity contribution is 1.45. The standard InChI is InChI=1S/C31H23NS/c1-21-9-7-14-25(19-21)32-30-26(17-18-28-27-15-5-6-16-29(27)33-31(28)30)24-13-8-12-23(20-24)22-10-3-2-4-11-22/h2-20,32H,1H3. The van der Waals surface area contributed by atoms with Crippen molar-refractivity contribution in [3.05, 3.63) is 121 Å². The summed E-state index contributed by atoms with van der Waals surface area (Å²) in [5.74, 6) is 0. The predicted molar refractivity (Wildman–Crippen MR) is 145 cm³/mol. The van der Waals surface area contributed by atoms with Gasteiger partial charge in [0.25, 0.3) is 0 Å². The average Bonchev–Trinajstić information content (AvgIpc) is 3.24. The van der Waals surface area contributed by atoms with Crippen molar-refractivity contribution in [2.75, 3.05) is 5.32 Å². The molecule has 0 bridgehead atoms. The van der Waals surface area contributed by atoms with E-state index in [4.69, 9.17) is 0 Å². The van der Waals surface area contributed by atoms with E-state index >= 15 is 0 Å². The molecule has 0 fully saturated rings. The average molecular weight is 442 g/mol. The van der Waals surface area contributed by atoms with Crippen molar-refractivity contribution >= 4 is 42.9 Å². The van der Waals surface area contributed by atoms with Crippen LogP contribution >= 0.6 is 11.3 Å². The highest BCUT2D eigenvalue weighted by Crippen LogP contribution is 2.44. The van der Waals surface area contributed by atoms with Gasteiger partial charge in [0.2, 0.25) is 0 Å². The lowest BCUT2D eigenvalue weighted by atomic mass is 9.97. The molecule has 0 saturated carbocycles. The molecule has 0 aliphatic rings. The Hall–Kier alpha value is -3.88. The van der Waals surface area contributed by atoms with E-state index in [-0.39, 0.29) is 0 Å². The summed E-state index contributed by atoms with van der Waals surface area (Å²) in [5, 5.41) is 6.40. The number of benzene rings is 5. The summed E-state index contributed by atoms with van der Waals surface area (Å²) in [4.78, 5) is 0. The third kappa shape index (κ3) is 3.69. The van der Waals surface area contributed by atoms with Gasteiger partial charge in [-0.15, -0.1) is 11.3 Å². The summed E-state index contributed by atoms with van der Waals surface area (Å²) >= 11 is 1.86. The number of fused-ring (bicyclic) bond motifs is 3. The number of aryl methyl sites for hydroxylation is 1. The van der Waals surface area contributed by atoms with Gasteiger partial charge in [0.15, 0.2) is 0 Å². The first-order valence-corrected chi connectivity index (χ1v) is 12.0. The molecule has 1 N–H and O–H groups in total. The highest BCUT2D eigenvalue weighted by molar-refractivity contribution is 7.26. The Balaban J connectivity index is 1.58. The largest absolute Gasteiger partial charge is 0.354 e. The Morgan fingerprint density at radius 2 is 1.33 bits per heavy atom. The smallest absolute Gasteiger partial charge is 0.0645 e. The van der Waals surface area contributed by atoms with Crippen LogP contribution in [0.1, 0.15) is 5.56 Å². The number of nitrogens with one attached hydrogen (secondary N) is 1. The van der Waals surface area contributed by atoms with Crippen molar-refractivity contribution in [1.82, 2.24) is 0 Å². The van der Waals surface area contributed by atoms with Crippen LogP contribution < -0.4 is 5.32 Å². The Kier molecular flexibility index (Phi) is 4.93. The van der Waals surface area contributed by atoms with Gasteiger partial charge >= 0.3 is 0 Å². The van der Waals surface area contributed by atoms with Gasteiger partial charge in [-0.1, -0.05) is 91.0 Å². The van der Waals surface area contributed by atoms with E-state index in [0.717, 1.165) is 5.69 Å². The third-order valence-corrected chi connectivity index (χ3v) is 7.32. The molecule has 0 aliphatic heterocycles. The van der Waals surface area contributed by atoms with E-state index in [1.807, 2.05) is 11.3 Å². The van der Waals surface area contributed by atoms with E-state index in [9.17, 15) is 0 Å². The minimum absolute atomic E-state index is 1.11. The fourth-order valence-corrected chi connectivity index (χ4v) is 5.72. The number of rotatable bonds is 4. The van der Waals surface area contributed by atoms with Gasteiger partial charge < -0.3 is 5.32 Å². The molecule has 0 saturated heterocycles. The van der Waals surface area contributed by atoms with Crippen molar-refractivity contribution in [3.8, 4) is 22.3 Å². The fraction of sp³-hybridized carbons (Fsp3) is 0.0323. The Morgan fingerprint density at radius 3 is 2.21 bits per heavy atom. The van der Waals surface area contributed by atoms with Crippen molar-refractivity contribution < 1.29 is 0 Å². The van der Waals surface area contributed by atoms with Crippen LogP contribution in [0.25, 0.3) is 42.4 Å². The molecule has 0 amide bonds. The highest BCUT2D eigenvalue weighted by atomic mass is 32.1. The molecule has 6 rings (SSSR count). The zero-order valence-electron chi connectivity index (χ0n) is 18.4.